The van der Waals surface area contributed by atoms with Gasteiger partial charge in [0.15, 0.2) is 0 Å². The molecule has 23 heavy (non-hydrogen) atoms. The summed E-state index contributed by atoms with van der Waals surface area (Å²) < 4.78 is 9.68. The van der Waals surface area contributed by atoms with E-state index in [1.165, 1.54) is 7.11 Å². The van der Waals surface area contributed by atoms with Crippen LogP contribution in [0.25, 0.3) is 0 Å². The Morgan fingerprint density at radius 1 is 0.957 bits per heavy atom. The normalized spacial score (nSPS) is 10.0. The van der Waals surface area contributed by atoms with Gasteiger partial charge in [-0.2, -0.15) is 0 Å². The molecule has 0 saturated carbocycles. The van der Waals surface area contributed by atoms with Crippen LogP contribution in [0.3, 0.4) is 0 Å². The second-order valence-electron chi connectivity index (χ2n) is 4.78. The molecule has 0 atom stereocenters. The van der Waals surface area contributed by atoms with E-state index < -0.39 is 12.0 Å². The molecule has 0 spiro atoms. The number of rotatable bonds is 5. The van der Waals surface area contributed by atoms with Gasteiger partial charge in [0, 0.05) is 18.5 Å². The number of benzene rings is 2. The van der Waals surface area contributed by atoms with Crippen molar-refractivity contribution in [2.45, 2.75) is 6.61 Å². The minimum Gasteiger partial charge on any atom is -0.465 e. The highest BCUT2D eigenvalue weighted by atomic mass is 16.5. The molecular weight excluding hydrogens is 296 g/mol. The molecule has 6 nitrogen and oxygen atoms in total. The Morgan fingerprint density at radius 2 is 1.65 bits per heavy atom. The van der Waals surface area contributed by atoms with Crippen LogP contribution >= 0.6 is 0 Å². The first-order valence-corrected chi connectivity index (χ1v) is 6.96. The zero-order valence-corrected chi connectivity index (χ0v) is 13.0. The van der Waals surface area contributed by atoms with Crippen LogP contribution in [0.2, 0.25) is 0 Å². The van der Waals surface area contributed by atoms with Crippen molar-refractivity contribution in [3.63, 3.8) is 0 Å². The number of carbonyl (C=O) groups is 2. The highest BCUT2D eigenvalue weighted by molar-refractivity contribution is 6.00. The molecule has 2 N–H and O–H groups in total. The summed E-state index contributed by atoms with van der Waals surface area (Å²) in [7, 11) is 2.93. The van der Waals surface area contributed by atoms with Crippen molar-refractivity contribution in [3.05, 3.63) is 59.7 Å². The molecule has 0 aliphatic carbocycles. The molecule has 0 aliphatic rings. The number of hydrogen-bond donors (Lipinski definition) is 2. The zero-order chi connectivity index (χ0) is 16.7. The van der Waals surface area contributed by atoms with E-state index >= 15 is 0 Å². The van der Waals surface area contributed by atoms with Gasteiger partial charge in [-0.05, 0) is 35.9 Å². The van der Waals surface area contributed by atoms with E-state index in [0.717, 1.165) is 5.56 Å². The van der Waals surface area contributed by atoms with Crippen molar-refractivity contribution in [2.24, 2.45) is 0 Å². The minimum absolute atomic E-state index is 0.370. The summed E-state index contributed by atoms with van der Waals surface area (Å²) in [5.41, 5.74) is 2.55. The Balaban J connectivity index is 1.98. The minimum atomic E-state index is -0.456. The Kier molecular flexibility index (Phi) is 5.71. The molecule has 0 saturated heterocycles. The number of esters is 1. The topological polar surface area (TPSA) is 76.7 Å². The van der Waals surface area contributed by atoms with Crippen LogP contribution < -0.4 is 10.6 Å². The fourth-order valence-electron chi connectivity index (χ4n) is 1.99. The SMILES string of the molecule is COCc1ccc(NC(=O)Nc2cccc(C(=O)OC)c2)cc1. The number of amides is 2. The fraction of sp³-hybridized carbons (Fsp3) is 0.176. The molecule has 0 unspecified atom stereocenters. The van der Waals surface area contributed by atoms with Crippen LogP contribution in [0.15, 0.2) is 48.5 Å². The lowest BCUT2D eigenvalue weighted by atomic mass is 10.2. The van der Waals surface area contributed by atoms with Gasteiger partial charge in [0.2, 0.25) is 0 Å². The van der Waals surface area contributed by atoms with Crippen molar-refractivity contribution in [2.75, 3.05) is 24.9 Å². The van der Waals surface area contributed by atoms with Crippen molar-refractivity contribution in [1.29, 1.82) is 0 Å². The molecule has 2 rings (SSSR count). The van der Waals surface area contributed by atoms with Gasteiger partial charge in [0.1, 0.15) is 0 Å². The zero-order valence-electron chi connectivity index (χ0n) is 13.0. The molecule has 0 aliphatic heterocycles. The fourth-order valence-corrected chi connectivity index (χ4v) is 1.99. The predicted molar refractivity (Wildman–Crippen MR) is 87.6 cm³/mol. The van der Waals surface area contributed by atoms with Crippen LogP contribution in [-0.4, -0.2) is 26.2 Å². The molecule has 2 amide bonds. The molecular formula is C17H18N2O4. The van der Waals surface area contributed by atoms with E-state index in [1.54, 1.807) is 43.5 Å². The van der Waals surface area contributed by atoms with Crippen LogP contribution in [0, 0.1) is 0 Å². The molecule has 120 valence electrons. The van der Waals surface area contributed by atoms with Gasteiger partial charge >= 0.3 is 12.0 Å². The second kappa shape index (κ2) is 7.95. The van der Waals surface area contributed by atoms with Gasteiger partial charge in [0.25, 0.3) is 0 Å². The lowest BCUT2D eigenvalue weighted by Gasteiger charge is -2.09. The number of methoxy groups -OCH3 is 2. The lowest BCUT2D eigenvalue weighted by molar-refractivity contribution is 0.0600. The Hall–Kier alpha value is -2.86. The number of nitrogens with one attached hydrogen (secondary N) is 2. The summed E-state index contributed by atoms with van der Waals surface area (Å²) in [6, 6.07) is 13.4. The number of ether oxygens (including phenoxy) is 2. The molecule has 0 heterocycles. The Labute approximate surface area is 134 Å². The average Bonchev–Trinajstić information content (AvgIpc) is 2.56. The molecule has 0 bridgehead atoms. The van der Waals surface area contributed by atoms with Crippen molar-refractivity contribution < 1.29 is 19.1 Å². The number of anilines is 2. The number of hydrogen-bond acceptors (Lipinski definition) is 4. The van der Waals surface area contributed by atoms with Gasteiger partial charge in [0.05, 0.1) is 19.3 Å². The van der Waals surface area contributed by atoms with Crippen LogP contribution in [0.1, 0.15) is 15.9 Å². The highest BCUT2D eigenvalue weighted by Gasteiger charge is 2.08. The largest absolute Gasteiger partial charge is 0.465 e. The van der Waals surface area contributed by atoms with Gasteiger partial charge in [-0.15, -0.1) is 0 Å². The average molecular weight is 314 g/mol. The first kappa shape index (κ1) is 16.5. The molecule has 0 aromatic heterocycles. The summed E-state index contributed by atoms with van der Waals surface area (Å²) in [5.74, 6) is -0.456. The molecule has 2 aromatic carbocycles. The first-order chi connectivity index (χ1) is 11.1. The highest BCUT2D eigenvalue weighted by Crippen LogP contribution is 2.14. The molecule has 6 heteroatoms. The van der Waals surface area contributed by atoms with Gasteiger partial charge in [-0.3, -0.25) is 0 Å². The summed E-state index contributed by atoms with van der Waals surface area (Å²) in [4.78, 5) is 23.4. The Bertz CT molecular complexity index is 683. The third-order valence-corrected chi connectivity index (χ3v) is 3.06. The first-order valence-electron chi connectivity index (χ1n) is 6.96. The van der Waals surface area contributed by atoms with E-state index in [-0.39, 0.29) is 0 Å². The number of carbonyl (C=O) groups excluding carboxylic acids is 2. The maximum Gasteiger partial charge on any atom is 0.337 e. The van der Waals surface area contributed by atoms with E-state index in [2.05, 4.69) is 15.4 Å². The van der Waals surface area contributed by atoms with Crippen LogP contribution in [0.4, 0.5) is 16.2 Å². The van der Waals surface area contributed by atoms with Crippen molar-refractivity contribution >= 4 is 23.4 Å². The molecule has 0 fully saturated rings. The standard InChI is InChI=1S/C17H18N2O4/c1-22-11-12-6-8-14(9-7-12)18-17(21)19-15-5-3-4-13(10-15)16(20)23-2/h3-10H,11H2,1-2H3,(H2,18,19,21). The van der Waals surface area contributed by atoms with E-state index in [9.17, 15) is 9.59 Å². The van der Waals surface area contributed by atoms with Crippen molar-refractivity contribution in [1.82, 2.24) is 0 Å². The summed E-state index contributed by atoms with van der Waals surface area (Å²) in [6.07, 6.45) is 0. The summed E-state index contributed by atoms with van der Waals surface area (Å²) in [5, 5.41) is 5.38. The maximum atomic E-state index is 12.0. The number of urea groups is 1. The quantitative estimate of drug-likeness (QED) is 0.831. The lowest BCUT2D eigenvalue weighted by Crippen LogP contribution is -2.19. The third-order valence-electron chi connectivity index (χ3n) is 3.06. The van der Waals surface area contributed by atoms with Crippen molar-refractivity contribution in [3.8, 4) is 0 Å². The molecule has 2 aromatic rings. The third kappa shape index (κ3) is 4.82. The van der Waals surface area contributed by atoms with Gasteiger partial charge < -0.3 is 20.1 Å². The van der Waals surface area contributed by atoms with Crippen LogP contribution in [-0.2, 0) is 16.1 Å². The van der Waals surface area contributed by atoms with E-state index in [0.29, 0.717) is 23.5 Å². The molecule has 0 radical (unpaired) electrons. The monoisotopic (exact) mass is 314 g/mol. The summed E-state index contributed by atoms with van der Waals surface area (Å²) in [6.45, 7) is 0.521. The van der Waals surface area contributed by atoms with Crippen LogP contribution in [0.5, 0.6) is 0 Å². The maximum absolute atomic E-state index is 12.0. The van der Waals surface area contributed by atoms with Gasteiger partial charge in [-0.1, -0.05) is 18.2 Å². The second-order valence-corrected chi connectivity index (χ2v) is 4.78. The smallest absolute Gasteiger partial charge is 0.337 e. The van der Waals surface area contributed by atoms with E-state index in [1.807, 2.05) is 12.1 Å². The Morgan fingerprint density at radius 3 is 2.30 bits per heavy atom. The summed E-state index contributed by atoms with van der Waals surface area (Å²) >= 11 is 0. The van der Waals surface area contributed by atoms with E-state index in [4.69, 9.17) is 4.74 Å². The van der Waals surface area contributed by atoms with Gasteiger partial charge in [-0.25, -0.2) is 9.59 Å². The predicted octanol–water partition coefficient (Wildman–Crippen LogP) is 3.26.